The Morgan fingerprint density at radius 3 is 1.67 bits per heavy atom. The van der Waals surface area contributed by atoms with E-state index in [1.54, 1.807) is 0 Å². The lowest BCUT2D eigenvalue weighted by molar-refractivity contribution is 0.660. The lowest BCUT2D eigenvalue weighted by Gasteiger charge is -2.28. The summed E-state index contributed by atoms with van der Waals surface area (Å²) in [4.78, 5) is 2.39. The number of nitrogens with zero attached hydrogens (tertiary/aromatic N) is 1. The minimum atomic E-state index is -0.0875. The van der Waals surface area contributed by atoms with Crippen molar-refractivity contribution in [1.82, 2.24) is 0 Å². The normalized spacial score (nSPS) is 13.1. The van der Waals surface area contributed by atoms with Gasteiger partial charge in [0, 0.05) is 33.2 Å². The topological polar surface area (TPSA) is 16.4 Å². The second kappa shape index (κ2) is 12.1. The third-order valence-electron chi connectivity index (χ3n) is 11.9. The maximum absolute atomic E-state index is 6.23. The van der Waals surface area contributed by atoms with Crippen molar-refractivity contribution in [3.63, 3.8) is 0 Å². The Morgan fingerprint density at radius 2 is 0.945 bits per heavy atom. The van der Waals surface area contributed by atoms with Crippen LogP contribution in [0.4, 0.5) is 17.1 Å². The number of benzene rings is 9. The van der Waals surface area contributed by atoms with Gasteiger partial charge in [0.25, 0.3) is 0 Å². The van der Waals surface area contributed by atoms with Crippen LogP contribution in [0.2, 0.25) is 0 Å². The van der Waals surface area contributed by atoms with Gasteiger partial charge in [-0.15, -0.1) is 0 Å². The van der Waals surface area contributed by atoms with E-state index in [9.17, 15) is 0 Å². The summed E-state index contributed by atoms with van der Waals surface area (Å²) in [6, 6.07) is 68.4. The summed E-state index contributed by atoms with van der Waals surface area (Å²) in [6.07, 6.45) is 0. The summed E-state index contributed by atoms with van der Waals surface area (Å²) in [5.74, 6) is 0. The molecule has 10 aromatic rings. The Hall–Kier alpha value is -6.90. The van der Waals surface area contributed by atoms with E-state index in [1.165, 1.54) is 77.2 Å². The van der Waals surface area contributed by atoms with Crippen molar-refractivity contribution < 1.29 is 4.42 Å². The molecular weight excluding hydrogens is 667 g/mol. The maximum Gasteiger partial charge on any atom is 0.136 e. The highest BCUT2D eigenvalue weighted by Crippen LogP contribution is 2.51. The third-order valence-corrected chi connectivity index (χ3v) is 11.9. The molecule has 1 aliphatic carbocycles. The number of anilines is 3. The standard InChI is InChI=1S/C53H37NO/c1-53(2)47-13-7-6-12-44(47)45-30-28-42(33-48(45)53)54(40-24-19-36(20-25-40)34-9-4-3-5-10-34)41-26-21-37(22-27-41)35-15-17-38(18-16-35)43-31-32-50-52-46(43)29-23-39-11-8-14-49(55-50)51(39)52/h3-33H,1-2H3. The highest BCUT2D eigenvalue weighted by atomic mass is 16.3. The number of rotatable bonds is 6. The predicted molar refractivity (Wildman–Crippen MR) is 231 cm³/mol. The molecule has 0 spiro atoms. The van der Waals surface area contributed by atoms with E-state index in [-0.39, 0.29) is 5.41 Å². The van der Waals surface area contributed by atoms with E-state index in [0.717, 1.165) is 28.2 Å². The third kappa shape index (κ3) is 4.95. The van der Waals surface area contributed by atoms with Gasteiger partial charge in [0.05, 0.1) is 0 Å². The molecule has 2 nitrogen and oxygen atoms in total. The van der Waals surface area contributed by atoms with Crippen LogP contribution < -0.4 is 4.90 Å². The van der Waals surface area contributed by atoms with E-state index in [4.69, 9.17) is 4.42 Å². The SMILES string of the molecule is CC1(C)c2ccccc2-c2ccc(N(c3ccc(-c4ccccc4)cc3)c3ccc(-c4ccc(-c5ccc6oc7cccc8ccc5c6c87)cc4)cc3)cc21. The van der Waals surface area contributed by atoms with Gasteiger partial charge >= 0.3 is 0 Å². The number of hydrogen-bond donors (Lipinski definition) is 0. The van der Waals surface area contributed by atoms with Gasteiger partial charge in [0.2, 0.25) is 0 Å². The number of fused-ring (bicyclic) bond motifs is 3. The summed E-state index contributed by atoms with van der Waals surface area (Å²) in [7, 11) is 0. The molecule has 11 rings (SSSR count). The summed E-state index contributed by atoms with van der Waals surface area (Å²) in [6.45, 7) is 4.70. The molecule has 1 aromatic heterocycles. The fourth-order valence-electron chi connectivity index (χ4n) is 9.06. The lowest BCUT2D eigenvalue weighted by atomic mass is 9.82. The van der Waals surface area contributed by atoms with E-state index < -0.39 is 0 Å². The van der Waals surface area contributed by atoms with Gasteiger partial charge in [-0.25, -0.2) is 0 Å². The van der Waals surface area contributed by atoms with Gasteiger partial charge in [0.1, 0.15) is 11.2 Å². The van der Waals surface area contributed by atoms with Gasteiger partial charge in [-0.3, -0.25) is 0 Å². The molecule has 2 heteroatoms. The number of hydrogen-bond acceptors (Lipinski definition) is 2. The predicted octanol–water partition coefficient (Wildman–Crippen LogP) is 15.0. The molecule has 260 valence electrons. The molecule has 0 fully saturated rings. The highest BCUT2D eigenvalue weighted by Gasteiger charge is 2.35. The molecule has 0 N–H and O–H groups in total. The molecule has 0 radical (unpaired) electrons. The maximum atomic E-state index is 6.23. The fraction of sp³-hybridized carbons (Fsp3) is 0.0566. The van der Waals surface area contributed by atoms with Crippen molar-refractivity contribution in [3.05, 3.63) is 199 Å². The van der Waals surface area contributed by atoms with Crippen LogP contribution in [-0.2, 0) is 5.41 Å². The monoisotopic (exact) mass is 703 g/mol. The first-order chi connectivity index (χ1) is 27.0. The van der Waals surface area contributed by atoms with Crippen LogP contribution in [0, 0.1) is 0 Å². The zero-order valence-electron chi connectivity index (χ0n) is 30.8. The van der Waals surface area contributed by atoms with Gasteiger partial charge in [0.15, 0.2) is 0 Å². The lowest BCUT2D eigenvalue weighted by Crippen LogP contribution is -2.16. The van der Waals surface area contributed by atoms with Crippen LogP contribution in [0.5, 0.6) is 0 Å². The van der Waals surface area contributed by atoms with Crippen LogP contribution in [0.15, 0.2) is 192 Å². The van der Waals surface area contributed by atoms with Gasteiger partial charge < -0.3 is 9.32 Å². The van der Waals surface area contributed by atoms with Crippen molar-refractivity contribution in [2.24, 2.45) is 0 Å². The minimum Gasteiger partial charge on any atom is -0.456 e. The highest BCUT2D eigenvalue weighted by molar-refractivity contribution is 6.24. The van der Waals surface area contributed by atoms with Crippen LogP contribution >= 0.6 is 0 Å². The molecule has 0 atom stereocenters. The largest absolute Gasteiger partial charge is 0.456 e. The molecule has 1 heterocycles. The average Bonchev–Trinajstić information content (AvgIpc) is 3.74. The first-order valence-corrected chi connectivity index (χ1v) is 19.1. The quantitative estimate of drug-likeness (QED) is 0.160. The zero-order valence-corrected chi connectivity index (χ0v) is 30.8. The molecule has 0 saturated heterocycles. The molecule has 0 bridgehead atoms. The van der Waals surface area contributed by atoms with Gasteiger partial charge in [-0.05, 0) is 115 Å². The zero-order chi connectivity index (χ0) is 36.7. The van der Waals surface area contributed by atoms with Crippen molar-refractivity contribution in [3.8, 4) is 44.5 Å². The second-order valence-corrected chi connectivity index (χ2v) is 15.3. The minimum absolute atomic E-state index is 0.0875. The summed E-state index contributed by atoms with van der Waals surface area (Å²) in [5.41, 5.74) is 17.8. The Bertz CT molecular complexity index is 3020. The van der Waals surface area contributed by atoms with E-state index >= 15 is 0 Å². The molecule has 0 unspecified atom stereocenters. The number of furan rings is 1. The summed E-state index contributed by atoms with van der Waals surface area (Å²) in [5, 5.41) is 4.86. The first-order valence-electron chi connectivity index (χ1n) is 19.1. The van der Waals surface area contributed by atoms with Crippen LogP contribution in [0.1, 0.15) is 25.0 Å². The molecule has 9 aromatic carbocycles. The Labute approximate surface area is 320 Å². The average molecular weight is 704 g/mol. The molecular formula is C53H37NO. The van der Waals surface area contributed by atoms with E-state index in [0.29, 0.717) is 0 Å². The summed E-state index contributed by atoms with van der Waals surface area (Å²) >= 11 is 0. The van der Waals surface area contributed by atoms with Crippen LogP contribution in [0.3, 0.4) is 0 Å². The second-order valence-electron chi connectivity index (χ2n) is 15.3. The summed E-state index contributed by atoms with van der Waals surface area (Å²) < 4.78 is 6.23. The van der Waals surface area contributed by atoms with Crippen molar-refractivity contribution in [2.75, 3.05) is 4.90 Å². The van der Waals surface area contributed by atoms with Gasteiger partial charge in [-0.2, -0.15) is 0 Å². The van der Waals surface area contributed by atoms with Crippen molar-refractivity contribution in [2.45, 2.75) is 19.3 Å². The Balaban J connectivity index is 0.955. The van der Waals surface area contributed by atoms with Crippen molar-refractivity contribution >= 4 is 49.8 Å². The van der Waals surface area contributed by atoms with Crippen LogP contribution in [0.25, 0.3) is 77.2 Å². The fourth-order valence-corrected chi connectivity index (χ4v) is 9.06. The molecule has 55 heavy (non-hydrogen) atoms. The Morgan fingerprint density at radius 1 is 0.382 bits per heavy atom. The van der Waals surface area contributed by atoms with E-state index in [1.807, 2.05) is 0 Å². The Kier molecular flexibility index (Phi) is 6.93. The first kappa shape index (κ1) is 31.6. The molecule has 0 saturated carbocycles. The van der Waals surface area contributed by atoms with Crippen molar-refractivity contribution in [1.29, 1.82) is 0 Å². The van der Waals surface area contributed by atoms with Crippen LogP contribution in [-0.4, -0.2) is 0 Å². The molecule has 0 aliphatic heterocycles. The van der Waals surface area contributed by atoms with E-state index in [2.05, 4.69) is 207 Å². The molecule has 1 aliphatic rings. The molecule has 0 amide bonds. The smallest absolute Gasteiger partial charge is 0.136 e. The van der Waals surface area contributed by atoms with Gasteiger partial charge in [-0.1, -0.05) is 153 Å².